The van der Waals surface area contributed by atoms with Crippen LogP contribution in [0.1, 0.15) is 11.1 Å². The molecule has 3 rings (SSSR count). The van der Waals surface area contributed by atoms with Gasteiger partial charge in [0.25, 0.3) is 5.91 Å². The monoisotopic (exact) mass is 341 g/mol. The summed E-state index contributed by atoms with van der Waals surface area (Å²) >= 11 is 0. The number of hydrogen-bond donors (Lipinski definition) is 1. The molecule has 6 heteroatoms. The Morgan fingerprint density at radius 1 is 1.24 bits per heavy atom. The quantitative estimate of drug-likeness (QED) is 0.868. The molecular weight excluding hydrogens is 325 g/mol. The van der Waals surface area contributed by atoms with Crippen molar-refractivity contribution < 1.29 is 23.5 Å². The van der Waals surface area contributed by atoms with Gasteiger partial charge < -0.3 is 14.8 Å². The summed E-state index contributed by atoms with van der Waals surface area (Å²) in [4.78, 5) is 23.9. The van der Waals surface area contributed by atoms with Crippen molar-refractivity contribution in [1.82, 2.24) is 0 Å². The number of aryl methyl sites for hydroxylation is 1. The molecule has 0 saturated heterocycles. The second-order valence-corrected chi connectivity index (χ2v) is 5.58. The molecule has 1 aliphatic rings. The van der Waals surface area contributed by atoms with Gasteiger partial charge in [-0.05, 0) is 36.8 Å². The fraction of sp³-hybridized carbons (Fsp3) is 0.158. The lowest BCUT2D eigenvalue weighted by Crippen LogP contribution is -2.24. The van der Waals surface area contributed by atoms with E-state index in [4.69, 9.17) is 9.47 Å². The molecule has 0 saturated carbocycles. The van der Waals surface area contributed by atoms with Gasteiger partial charge in [0.05, 0.1) is 5.57 Å². The molecule has 128 valence electrons. The highest BCUT2D eigenvalue weighted by Gasteiger charge is 2.19. The van der Waals surface area contributed by atoms with Crippen LogP contribution in [-0.2, 0) is 14.3 Å². The van der Waals surface area contributed by atoms with E-state index in [0.717, 1.165) is 5.56 Å². The Bertz CT molecular complexity index is 860. The maximum Gasteiger partial charge on any atom is 0.338 e. The van der Waals surface area contributed by atoms with Crippen molar-refractivity contribution in [3.63, 3.8) is 0 Å². The number of carbonyl (C=O) groups is 2. The van der Waals surface area contributed by atoms with Gasteiger partial charge in [0, 0.05) is 11.3 Å². The first-order valence-corrected chi connectivity index (χ1v) is 7.68. The average molecular weight is 341 g/mol. The molecule has 1 heterocycles. The number of carbonyl (C=O) groups excluding carboxylic acids is 2. The highest BCUT2D eigenvalue weighted by atomic mass is 19.1. The van der Waals surface area contributed by atoms with Gasteiger partial charge in [0.1, 0.15) is 18.2 Å². The van der Waals surface area contributed by atoms with E-state index in [-0.39, 0.29) is 6.61 Å². The minimum Gasteiger partial charge on any atom is -0.488 e. The van der Waals surface area contributed by atoms with Crippen LogP contribution in [0.15, 0.2) is 48.0 Å². The molecule has 0 spiro atoms. The SMILES string of the molecule is Cc1ccc(NC(=O)COC(=O)C2=Cc3ccccc3OC2)cc1F. The topological polar surface area (TPSA) is 64.6 Å². The molecular formula is C19H16FNO4. The molecule has 0 bridgehead atoms. The highest BCUT2D eigenvalue weighted by molar-refractivity contribution is 5.98. The molecule has 1 N–H and O–H groups in total. The fourth-order valence-electron chi connectivity index (χ4n) is 2.33. The van der Waals surface area contributed by atoms with Gasteiger partial charge in [-0.2, -0.15) is 0 Å². The highest BCUT2D eigenvalue weighted by Crippen LogP contribution is 2.26. The van der Waals surface area contributed by atoms with E-state index in [1.807, 2.05) is 24.3 Å². The van der Waals surface area contributed by atoms with Crippen molar-refractivity contribution in [1.29, 1.82) is 0 Å². The first-order chi connectivity index (χ1) is 12.0. The average Bonchev–Trinajstić information content (AvgIpc) is 2.62. The van der Waals surface area contributed by atoms with Gasteiger partial charge in [-0.15, -0.1) is 0 Å². The summed E-state index contributed by atoms with van der Waals surface area (Å²) < 4.78 is 23.9. The van der Waals surface area contributed by atoms with Crippen LogP contribution in [0, 0.1) is 12.7 Å². The van der Waals surface area contributed by atoms with E-state index in [9.17, 15) is 14.0 Å². The number of nitrogens with one attached hydrogen (secondary N) is 1. The smallest absolute Gasteiger partial charge is 0.338 e. The van der Waals surface area contributed by atoms with Crippen molar-refractivity contribution in [2.24, 2.45) is 0 Å². The number of fused-ring (bicyclic) bond motifs is 1. The number of esters is 1. The zero-order valence-electron chi connectivity index (χ0n) is 13.5. The van der Waals surface area contributed by atoms with Crippen molar-refractivity contribution >= 4 is 23.6 Å². The fourth-order valence-corrected chi connectivity index (χ4v) is 2.33. The van der Waals surface area contributed by atoms with Crippen LogP contribution >= 0.6 is 0 Å². The second-order valence-electron chi connectivity index (χ2n) is 5.58. The predicted octanol–water partition coefficient (Wildman–Crippen LogP) is 3.09. The van der Waals surface area contributed by atoms with Crippen LogP contribution in [0.2, 0.25) is 0 Å². The molecule has 1 amide bonds. The summed E-state index contributed by atoms with van der Waals surface area (Å²) in [5, 5.41) is 2.48. The number of halogens is 1. The Morgan fingerprint density at radius 3 is 2.84 bits per heavy atom. The molecule has 0 aromatic heterocycles. The zero-order chi connectivity index (χ0) is 17.8. The van der Waals surface area contributed by atoms with E-state index < -0.39 is 24.3 Å². The molecule has 5 nitrogen and oxygen atoms in total. The van der Waals surface area contributed by atoms with E-state index in [1.54, 1.807) is 25.1 Å². The Labute approximate surface area is 144 Å². The molecule has 1 aliphatic heterocycles. The van der Waals surface area contributed by atoms with E-state index >= 15 is 0 Å². The van der Waals surface area contributed by atoms with Gasteiger partial charge in [-0.1, -0.05) is 24.3 Å². The number of amides is 1. The summed E-state index contributed by atoms with van der Waals surface area (Å²) in [6, 6.07) is 11.6. The maximum atomic E-state index is 13.4. The zero-order valence-corrected chi connectivity index (χ0v) is 13.5. The van der Waals surface area contributed by atoms with Gasteiger partial charge in [-0.3, -0.25) is 4.79 Å². The third kappa shape index (κ3) is 4.03. The molecule has 0 fully saturated rings. The standard InChI is InChI=1S/C19H16FNO4/c1-12-6-7-15(9-16(12)20)21-18(22)11-25-19(23)14-8-13-4-2-3-5-17(13)24-10-14/h2-9H,10-11H2,1H3,(H,21,22). The summed E-state index contributed by atoms with van der Waals surface area (Å²) in [7, 11) is 0. The first-order valence-electron chi connectivity index (χ1n) is 7.68. The van der Waals surface area contributed by atoms with Crippen molar-refractivity contribution in [2.45, 2.75) is 6.92 Å². The molecule has 2 aromatic carbocycles. The summed E-state index contributed by atoms with van der Waals surface area (Å²) in [5.74, 6) is -0.898. The third-order valence-electron chi connectivity index (χ3n) is 3.68. The molecule has 2 aromatic rings. The van der Waals surface area contributed by atoms with Gasteiger partial charge >= 0.3 is 5.97 Å². The van der Waals surface area contributed by atoms with Crippen LogP contribution in [0.3, 0.4) is 0 Å². The molecule has 25 heavy (non-hydrogen) atoms. The minimum absolute atomic E-state index is 0.0840. The summed E-state index contributed by atoms with van der Waals surface area (Å²) in [5.41, 5.74) is 1.89. The van der Waals surface area contributed by atoms with E-state index in [2.05, 4.69) is 5.32 Å². The third-order valence-corrected chi connectivity index (χ3v) is 3.68. The van der Waals surface area contributed by atoms with Gasteiger partial charge in [0.15, 0.2) is 6.61 Å². The number of anilines is 1. The Balaban J connectivity index is 1.56. The van der Waals surface area contributed by atoms with E-state index in [1.165, 1.54) is 6.07 Å². The van der Waals surface area contributed by atoms with Gasteiger partial charge in [0.2, 0.25) is 0 Å². The lowest BCUT2D eigenvalue weighted by molar-refractivity contribution is -0.143. The second kappa shape index (κ2) is 7.17. The molecule has 0 aliphatic carbocycles. The Kier molecular flexibility index (Phi) is 4.79. The molecule has 0 atom stereocenters. The van der Waals surface area contributed by atoms with Crippen LogP contribution in [-0.4, -0.2) is 25.1 Å². The van der Waals surface area contributed by atoms with Crippen LogP contribution in [0.4, 0.5) is 10.1 Å². The van der Waals surface area contributed by atoms with Crippen molar-refractivity contribution in [3.8, 4) is 5.75 Å². The number of hydrogen-bond acceptors (Lipinski definition) is 4. The number of benzene rings is 2. The Hall–Kier alpha value is -3.15. The van der Waals surface area contributed by atoms with Crippen LogP contribution in [0.5, 0.6) is 5.75 Å². The van der Waals surface area contributed by atoms with Crippen molar-refractivity contribution in [3.05, 3.63) is 65.0 Å². The van der Waals surface area contributed by atoms with Crippen LogP contribution < -0.4 is 10.1 Å². The normalized spacial score (nSPS) is 12.5. The van der Waals surface area contributed by atoms with Gasteiger partial charge in [-0.25, -0.2) is 9.18 Å². The maximum absolute atomic E-state index is 13.4. The largest absolute Gasteiger partial charge is 0.488 e. The van der Waals surface area contributed by atoms with Crippen LogP contribution in [0.25, 0.3) is 6.08 Å². The number of rotatable bonds is 4. The summed E-state index contributed by atoms with van der Waals surface area (Å²) in [6.45, 7) is 1.24. The number of para-hydroxylation sites is 1. The van der Waals surface area contributed by atoms with E-state index in [0.29, 0.717) is 22.6 Å². The summed E-state index contributed by atoms with van der Waals surface area (Å²) in [6.07, 6.45) is 1.68. The lowest BCUT2D eigenvalue weighted by Gasteiger charge is -2.16. The predicted molar refractivity (Wildman–Crippen MR) is 90.6 cm³/mol. The first kappa shape index (κ1) is 16.7. The Morgan fingerprint density at radius 2 is 2.04 bits per heavy atom. The van der Waals surface area contributed by atoms with Crippen molar-refractivity contribution in [2.75, 3.05) is 18.5 Å². The number of ether oxygens (including phenoxy) is 2. The molecule has 0 radical (unpaired) electrons. The lowest BCUT2D eigenvalue weighted by atomic mass is 10.1. The molecule has 0 unspecified atom stereocenters. The minimum atomic E-state index is -0.625.